The van der Waals surface area contributed by atoms with Crippen LogP contribution in [0.15, 0.2) is 35.3 Å². The van der Waals surface area contributed by atoms with Crippen LogP contribution in [-0.2, 0) is 16.1 Å². The third-order valence-electron chi connectivity index (χ3n) is 4.36. The minimum Gasteiger partial charge on any atom is -0.465 e. The lowest BCUT2D eigenvalue weighted by Gasteiger charge is -2.37. The van der Waals surface area contributed by atoms with Crippen molar-refractivity contribution in [1.82, 2.24) is 4.90 Å². The minimum absolute atomic E-state index is 0.0650. The van der Waals surface area contributed by atoms with Crippen molar-refractivity contribution in [2.75, 3.05) is 19.8 Å². The Morgan fingerprint density at radius 2 is 2.00 bits per heavy atom. The SMILES string of the molecule is O=C(O)N(CCOCc1ccccc1)C1=N[C@@H]2[C@@H](O)[C@H](O)[C@@H](CO)O[C@@H]2S1. The zero-order valence-electron chi connectivity index (χ0n) is 14.4. The third-order valence-corrected chi connectivity index (χ3v) is 5.52. The molecule has 27 heavy (non-hydrogen) atoms. The van der Waals surface area contributed by atoms with Gasteiger partial charge >= 0.3 is 6.09 Å². The van der Waals surface area contributed by atoms with Crippen molar-refractivity contribution in [2.45, 2.75) is 36.4 Å². The number of aliphatic hydroxyl groups excluding tert-OH is 3. The second-order valence-corrected chi connectivity index (χ2v) is 7.26. The summed E-state index contributed by atoms with van der Waals surface area (Å²) in [5, 5.41) is 39.0. The van der Waals surface area contributed by atoms with Gasteiger partial charge in [-0.05, 0) is 5.56 Å². The van der Waals surface area contributed by atoms with E-state index in [1.165, 1.54) is 0 Å². The van der Waals surface area contributed by atoms with Crippen LogP contribution in [0, 0.1) is 0 Å². The van der Waals surface area contributed by atoms with Crippen molar-refractivity contribution in [2.24, 2.45) is 4.99 Å². The lowest BCUT2D eigenvalue weighted by molar-refractivity contribution is -0.164. The van der Waals surface area contributed by atoms with Crippen LogP contribution in [0.1, 0.15) is 5.56 Å². The van der Waals surface area contributed by atoms with E-state index >= 15 is 0 Å². The Bertz CT molecular complexity index is 675. The number of carbonyl (C=O) groups is 1. The molecule has 2 aliphatic heterocycles. The Labute approximate surface area is 160 Å². The highest BCUT2D eigenvalue weighted by molar-refractivity contribution is 8.14. The smallest absolute Gasteiger partial charge is 0.413 e. The van der Waals surface area contributed by atoms with Gasteiger partial charge in [0.1, 0.15) is 29.8 Å². The van der Waals surface area contributed by atoms with Gasteiger partial charge in [-0.1, -0.05) is 42.1 Å². The number of amides is 1. The summed E-state index contributed by atoms with van der Waals surface area (Å²) < 4.78 is 11.1. The van der Waals surface area contributed by atoms with Crippen molar-refractivity contribution >= 4 is 23.0 Å². The Kier molecular flexibility index (Phi) is 6.68. The number of carboxylic acid groups (broad SMARTS) is 1. The van der Waals surface area contributed by atoms with Crippen molar-refractivity contribution in [3.05, 3.63) is 35.9 Å². The lowest BCUT2D eigenvalue weighted by Crippen LogP contribution is -2.55. The first-order chi connectivity index (χ1) is 13.0. The summed E-state index contributed by atoms with van der Waals surface area (Å²) >= 11 is 1.05. The Hall–Kier alpha value is -1.69. The maximum atomic E-state index is 11.6. The first-order valence-corrected chi connectivity index (χ1v) is 9.38. The van der Waals surface area contributed by atoms with Crippen LogP contribution in [-0.4, -0.2) is 86.1 Å². The highest BCUT2D eigenvalue weighted by Crippen LogP contribution is 2.37. The molecule has 0 radical (unpaired) electrons. The Morgan fingerprint density at radius 1 is 1.26 bits per heavy atom. The summed E-state index contributed by atoms with van der Waals surface area (Å²) in [5.74, 6) is 0. The van der Waals surface area contributed by atoms with Gasteiger partial charge in [0.15, 0.2) is 5.17 Å². The maximum Gasteiger partial charge on any atom is 0.413 e. The van der Waals surface area contributed by atoms with Crippen LogP contribution in [0.2, 0.25) is 0 Å². The van der Waals surface area contributed by atoms with Crippen molar-refractivity contribution in [1.29, 1.82) is 0 Å². The molecule has 0 bridgehead atoms. The fourth-order valence-electron chi connectivity index (χ4n) is 2.89. The van der Waals surface area contributed by atoms with Crippen LogP contribution in [0.4, 0.5) is 4.79 Å². The molecule has 1 aromatic carbocycles. The zero-order valence-corrected chi connectivity index (χ0v) is 15.2. The normalized spacial score (nSPS) is 29.9. The molecule has 2 aliphatic rings. The molecule has 1 aromatic rings. The molecule has 148 valence electrons. The van der Waals surface area contributed by atoms with E-state index in [0.717, 1.165) is 22.2 Å². The monoisotopic (exact) mass is 398 g/mol. The number of nitrogens with zero attached hydrogens (tertiary/aromatic N) is 2. The summed E-state index contributed by atoms with van der Waals surface area (Å²) in [7, 11) is 0. The predicted molar refractivity (Wildman–Crippen MR) is 97.4 cm³/mol. The molecule has 3 rings (SSSR count). The quantitative estimate of drug-likeness (QED) is 0.496. The molecule has 0 aromatic heterocycles. The van der Waals surface area contributed by atoms with Crippen LogP contribution in [0.3, 0.4) is 0 Å². The fraction of sp³-hybridized carbons (Fsp3) is 0.529. The molecule has 10 heteroatoms. The molecule has 0 unspecified atom stereocenters. The van der Waals surface area contributed by atoms with Crippen molar-refractivity contribution in [3.63, 3.8) is 0 Å². The van der Waals surface area contributed by atoms with Gasteiger partial charge in [-0.15, -0.1) is 0 Å². The molecule has 0 aliphatic carbocycles. The van der Waals surface area contributed by atoms with Gasteiger partial charge in [0.25, 0.3) is 0 Å². The van der Waals surface area contributed by atoms with Gasteiger partial charge in [-0.3, -0.25) is 9.89 Å². The number of benzene rings is 1. The van der Waals surface area contributed by atoms with E-state index in [9.17, 15) is 25.2 Å². The van der Waals surface area contributed by atoms with Crippen molar-refractivity contribution in [3.8, 4) is 0 Å². The molecule has 1 amide bonds. The van der Waals surface area contributed by atoms with E-state index in [1.807, 2.05) is 30.3 Å². The van der Waals surface area contributed by atoms with Gasteiger partial charge in [0.2, 0.25) is 0 Å². The zero-order chi connectivity index (χ0) is 19.4. The Morgan fingerprint density at radius 3 is 2.67 bits per heavy atom. The van der Waals surface area contributed by atoms with E-state index in [2.05, 4.69) is 4.99 Å². The number of aliphatic imine (C=N–C) groups is 1. The summed E-state index contributed by atoms with van der Waals surface area (Å²) in [6.45, 7) is 0.148. The molecule has 5 atom stereocenters. The highest BCUT2D eigenvalue weighted by atomic mass is 32.2. The maximum absolute atomic E-state index is 11.6. The number of amidine groups is 1. The number of fused-ring (bicyclic) bond motifs is 1. The van der Waals surface area contributed by atoms with E-state index < -0.39 is 42.5 Å². The summed E-state index contributed by atoms with van der Waals surface area (Å²) in [4.78, 5) is 16.9. The molecular weight excluding hydrogens is 376 g/mol. The summed E-state index contributed by atoms with van der Waals surface area (Å²) in [6.07, 6.45) is -4.66. The number of thioether (sulfide) groups is 1. The summed E-state index contributed by atoms with van der Waals surface area (Å²) in [6, 6.07) is 8.73. The molecule has 0 saturated carbocycles. The molecule has 1 fully saturated rings. The van der Waals surface area contributed by atoms with Crippen LogP contribution >= 0.6 is 11.8 Å². The van der Waals surface area contributed by atoms with Gasteiger partial charge in [-0.2, -0.15) is 0 Å². The standard InChI is InChI=1S/C17H22N2O7S/c20-8-11-13(21)14(22)12-15(26-11)27-16(18-12)19(17(23)24)6-7-25-9-10-4-2-1-3-5-10/h1-5,11-15,20-22H,6-9H2,(H,23,24)/t11-,12-,13-,14-,15-/m1/s1. The van der Waals surface area contributed by atoms with Crippen LogP contribution in [0.5, 0.6) is 0 Å². The average molecular weight is 398 g/mol. The van der Waals surface area contributed by atoms with E-state index in [1.54, 1.807) is 0 Å². The van der Waals surface area contributed by atoms with Crippen LogP contribution < -0.4 is 0 Å². The van der Waals surface area contributed by atoms with E-state index in [-0.39, 0.29) is 18.3 Å². The third kappa shape index (κ3) is 4.60. The molecule has 1 saturated heterocycles. The second-order valence-electron chi connectivity index (χ2n) is 6.20. The number of ether oxygens (including phenoxy) is 2. The Balaban J connectivity index is 1.58. The van der Waals surface area contributed by atoms with Gasteiger partial charge in [0.05, 0.1) is 26.4 Å². The van der Waals surface area contributed by atoms with Crippen LogP contribution in [0.25, 0.3) is 0 Å². The molecule has 9 nitrogen and oxygen atoms in total. The first-order valence-electron chi connectivity index (χ1n) is 8.50. The highest BCUT2D eigenvalue weighted by Gasteiger charge is 2.49. The fourth-order valence-corrected chi connectivity index (χ4v) is 4.14. The predicted octanol–water partition coefficient (Wildman–Crippen LogP) is 0.0936. The van der Waals surface area contributed by atoms with E-state index in [4.69, 9.17) is 9.47 Å². The molecule has 4 N–H and O–H groups in total. The van der Waals surface area contributed by atoms with Gasteiger partial charge in [0, 0.05) is 0 Å². The molecule has 2 heterocycles. The average Bonchev–Trinajstić information content (AvgIpc) is 3.09. The topological polar surface area (TPSA) is 132 Å². The van der Waals surface area contributed by atoms with Gasteiger partial charge in [-0.25, -0.2) is 4.79 Å². The number of aliphatic hydroxyl groups is 3. The number of hydrogen-bond acceptors (Lipinski definition) is 8. The minimum atomic E-state index is -1.28. The molecular formula is C17H22N2O7S. The summed E-state index contributed by atoms with van der Waals surface area (Å²) in [5.41, 5.74) is 0.321. The largest absolute Gasteiger partial charge is 0.465 e. The van der Waals surface area contributed by atoms with E-state index in [0.29, 0.717) is 6.61 Å². The number of rotatable bonds is 6. The second kappa shape index (κ2) is 9.00. The van der Waals surface area contributed by atoms with Gasteiger partial charge < -0.3 is 29.9 Å². The lowest BCUT2D eigenvalue weighted by atomic mass is 9.99. The number of hydrogen-bond donors (Lipinski definition) is 4. The first kappa shape index (κ1) is 20.1. The van der Waals surface area contributed by atoms with Crippen molar-refractivity contribution < 1.29 is 34.7 Å². The molecule has 0 spiro atoms.